The number of carbonyl (C=O) groups excluding carboxylic acids is 2. The number of benzene rings is 2. The molecule has 1 saturated heterocycles. The largest absolute Gasteiger partial charge is 0.497 e. The van der Waals surface area contributed by atoms with E-state index in [-0.39, 0.29) is 18.0 Å². The molecular formula is C26H30N4O3S. The number of carbonyl (C=O) groups is 2. The number of ether oxygens (including phenoxy) is 1. The standard InChI is InChI=1S/C26H30N4O3S/c1-19(20-6-4-9-23(17-20)33-2)29-11-13-30(14-12-29)26(32)28-22-8-3-7-21(16-22)25(31)27-18-24-10-5-15-34-24/h3-10,15-17,19H,11-14,18H2,1-2H3,(H,27,31)(H,28,32). The van der Waals surface area contributed by atoms with E-state index >= 15 is 0 Å². The molecule has 1 fully saturated rings. The van der Waals surface area contributed by atoms with E-state index in [1.54, 1.807) is 42.7 Å². The molecule has 2 aromatic carbocycles. The van der Waals surface area contributed by atoms with Gasteiger partial charge in [-0.1, -0.05) is 24.3 Å². The van der Waals surface area contributed by atoms with Crippen LogP contribution in [0.3, 0.4) is 0 Å². The number of piperazine rings is 1. The highest BCUT2D eigenvalue weighted by atomic mass is 32.1. The van der Waals surface area contributed by atoms with Gasteiger partial charge >= 0.3 is 6.03 Å². The summed E-state index contributed by atoms with van der Waals surface area (Å²) in [6.07, 6.45) is 0. The van der Waals surface area contributed by atoms with Gasteiger partial charge in [-0.25, -0.2) is 4.79 Å². The molecule has 34 heavy (non-hydrogen) atoms. The van der Waals surface area contributed by atoms with Gasteiger partial charge in [-0.3, -0.25) is 9.69 Å². The normalized spacial score (nSPS) is 14.9. The summed E-state index contributed by atoms with van der Waals surface area (Å²) in [6.45, 7) is 5.53. The third-order valence-electron chi connectivity index (χ3n) is 6.10. The van der Waals surface area contributed by atoms with Gasteiger partial charge in [0.05, 0.1) is 13.7 Å². The van der Waals surface area contributed by atoms with Crippen molar-refractivity contribution in [1.82, 2.24) is 15.1 Å². The predicted molar refractivity (Wildman–Crippen MR) is 136 cm³/mol. The van der Waals surface area contributed by atoms with Crippen LogP contribution in [0, 0.1) is 0 Å². The molecule has 0 bridgehead atoms. The lowest BCUT2D eigenvalue weighted by Gasteiger charge is -2.38. The molecule has 0 spiro atoms. The molecule has 178 valence electrons. The molecule has 3 aromatic rings. The Morgan fingerprint density at radius 2 is 1.82 bits per heavy atom. The highest BCUT2D eigenvalue weighted by Gasteiger charge is 2.25. The van der Waals surface area contributed by atoms with Crippen molar-refractivity contribution in [2.75, 3.05) is 38.6 Å². The molecule has 8 heteroatoms. The molecule has 1 aliphatic heterocycles. The van der Waals surface area contributed by atoms with E-state index in [9.17, 15) is 9.59 Å². The quantitative estimate of drug-likeness (QED) is 0.521. The zero-order valence-electron chi connectivity index (χ0n) is 19.5. The summed E-state index contributed by atoms with van der Waals surface area (Å²) >= 11 is 1.60. The summed E-state index contributed by atoms with van der Waals surface area (Å²) in [5, 5.41) is 7.84. The van der Waals surface area contributed by atoms with Gasteiger partial charge in [0.1, 0.15) is 5.75 Å². The average Bonchev–Trinajstić information content (AvgIpc) is 3.41. The van der Waals surface area contributed by atoms with E-state index in [4.69, 9.17) is 4.74 Å². The molecule has 2 heterocycles. The van der Waals surface area contributed by atoms with Gasteiger partial charge in [-0.05, 0) is 54.3 Å². The van der Waals surface area contributed by atoms with Gasteiger partial charge in [-0.2, -0.15) is 0 Å². The maximum atomic E-state index is 12.8. The van der Waals surface area contributed by atoms with E-state index in [1.165, 1.54) is 5.56 Å². The minimum atomic E-state index is -0.162. The fourth-order valence-electron chi connectivity index (χ4n) is 4.05. The number of hydrogen-bond acceptors (Lipinski definition) is 5. The van der Waals surface area contributed by atoms with Crippen LogP contribution in [0.1, 0.15) is 33.8 Å². The van der Waals surface area contributed by atoms with Crippen molar-refractivity contribution < 1.29 is 14.3 Å². The van der Waals surface area contributed by atoms with E-state index in [0.29, 0.717) is 30.9 Å². The molecule has 1 unspecified atom stereocenters. The zero-order chi connectivity index (χ0) is 23.9. The van der Waals surface area contributed by atoms with Gasteiger partial charge in [-0.15, -0.1) is 11.3 Å². The Morgan fingerprint density at radius 1 is 1.03 bits per heavy atom. The number of hydrogen-bond donors (Lipinski definition) is 2. The number of thiophene rings is 1. The summed E-state index contributed by atoms with van der Waals surface area (Å²) < 4.78 is 5.35. The Labute approximate surface area is 204 Å². The van der Waals surface area contributed by atoms with Crippen LogP contribution in [0.25, 0.3) is 0 Å². The molecule has 0 radical (unpaired) electrons. The molecule has 0 aliphatic carbocycles. The van der Waals surface area contributed by atoms with Crippen molar-refractivity contribution >= 4 is 29.0 Å². The molecule has 3 amide bonds. The number of urea groups is 1. The lowest BCUT2D eigenvalue weighted by atomic mass is 10.1. The van der Waals surface area contributed by atoms with Crippen LogP contribution >= 0.6 is 11.3 Å². The average molecular weight is 479 g/mol. The van der Waals surface area contributed by atoms with Crippen LogP contribution in [-0.4, -0.2) is 55.0 Å². The predicted octanol–water partition coefficient (Wildman–Crippen LogP) is 4.60. The summed E-state index contributed by atoms with van der Waals surface area (Å²) in [4.78, 5) is 30.6. The van der Waals surface area contributed by atoms with E-state index in [2.05, 4.69) is 34.6 Å². The highest BCUT2D eigenvalue weighted by Crippen LogP contribution is 2.25. The smallest absolute Gasteiger partial charge is 0.321 e. The molecular weight excluding hydrogens is 448 g/mol. The minimum absolute atomic E-state index is 0.148. The second-order valence-electron chi connectivity index (χ2n) is 8.25. The SMILES string of the molecule is COc1cccc(C(C)N2CCN(C(=O)Nc3cccc(C(=O)NCc4cccs4)c3)CC2)c1. The first-order chi connectivity index (χ1) is 16.5. The molecule has 0 saturated carbocycles. The molecule has 4 rings (SSSR count). The van der Waals surface area contributed by atoms with Crippen LogP contribution in [-0.2, 0) is 6.54 Å². The van der Waals surface area contributed by atoms with Gasteiger partial charge < -0.3 is 20.3 Å². The number of nitrogens with zero attached hydrogens (tertiary/aromatic N) is 2. The Bertz CT molecular complexity index is 1110. The molecule has 1 atom stereocenters. The van der Waals surface area contributed by atoms with Crippen molar-refractivity contribution in [2.45, 2.75) is 19.5 Å². The first-order valence-corrected chi connectivity index (χ1v) is 12.3. The monoisotopic (exact) mass is 478 g/mol. The Morgan fingerprint density at radius 3 is 2.56 bits per heavy atom. The summed E-state index contributed by atoms with van der Waals surface area (Å²) in [5.74, 6) is 0.689. The molecule has 1 aromatic heterocycles. The Kier molecular flexibility index (Phi) is 7.82. The van der Waals surface area contributed by atoms with Gasteiger partial charge in [0.15, 0.2) is 0 Å². The van der Waals surface area contributed by atoms with Crippen molar-refractivity contribution in [2.24, 2.45) is 0 Å². The number of methoxy groups -OCH3 is 1. The third-order valence-corrected chi connectivity index (χ3v) is 6.98. The second kappa shape index (κ2) is 11.2. The van der Waals surface area contributed by atoms with E-state index in [0.717, 1.165) is 23.7 Å². The summed E-state index contributed by atoms with van der Waals surface area (Å²) in [7, 11) is 1.68. The highest BCUT2D eigenvalue weighted by molar-refractivity contribution is 7.09. The fraction of sp³-hybridized carbons (Fsp3) is 0.308. The molecule has 1 aliphatic rings. The lowest BCUT2D eigenvalue weighted by Crippen LogP contribution is -2.50. The minimum Gasteiger partial charge on any atom is -0.497 e. The zero-order valence-corrected chi connectivity index (χ0v) is 20.3. The van der Waals surface area contributed by atoms with Crippen LogP contribution < -0.4 is 15.4 Å². The maximum Gasteiger partial charge on any atom is 0.321 e. The third kappa shape index (κ3) is 5.95. The summed E-state index contributed by atoms with van der Waals surface area (Å²) in [5.41, 5.74) is 2.33. The van der Waals surface area contributed by atoms with E-state index in [1.807, 2.05) is 34.5 Å². The number of rotatable bonds is 7. The van der Waals surface area contributed by atoms with E-state index < -0.39 is 0 Å². The van der Waals surface area contributed by atoms with Crippen molar-refractivity contribution in [1.29, 1.82) is 0 Å². The topological polar surface area (TPSA) is 73.9 Å². The lowest BCUT2D eigenvalue weighted by molar-refractivity contribution is 0.0951. The number of nitrogens with one attached hydrogen (secondary N) is 2. The van der Waals surface area contributed by atoms with Crippen LogP contribution in [0.5, 0.6) is 5.75 Å². The van der Waals surface area contributed by atoms with Crippen LogP contribution in [0.2, 0.25) is 0 Å². The number of amides is 3. The van der Waals surface area contributed by atoms with Crippen LogP contribution in [0.15, 0.2) is 66.0 Å². The Hall–Kier alpha value is -3.36. The van der Waals surface area contributed by atoms with Gasteiger partial charge in [0.2, 0.25) is 0 Å². The van der Waals surface area contributed by atoms with Gasteiger partial charge in [0, 0.05) is 48.3 Å². The maximum absolute atomic E-state index is 12.8. The fourth-order valence-corrected chi connectivity index (χ4v) is 4.69. The summed E-state index contributed by atoms with van der Waals surface area (Å²) in [6, 6.07) is 19.2. The van der Waals surface area contributed by atoms with Crippen molar-refractivity contribution in [3.8, 4) is 5.75 Å². The van der Waals surface area contributed by atoms with Crippen molar-refractivity contribution in [3.63, 3.8) is 0 Å². The van der Waals surface area contributed by atoms with Gasteiger partial charge in [0.25, 0.3) is 5.91 Å². The molecule has 7 nitrogen and oxygen atoms in total. The van der Waals surface area contributed by atoms with Crippen molar-refractivity contribution in [3.05, 3.63) is 82.0 Å². The number of anilines is 1. The first-order valence-electron chi connectivity index (χ1n) is 11.4. The molecule has 2 N–H and O–H groups in total. The Balaban J connectivity index is 1.29. The first kappa shape index (κ1) is 23.8. The van der Waals surface area contributed by atoms with Crippen LogP contribution in [0.4, 0.5) is 10.5 Å². The second-order valence-corrected chi connectivity index (χ2v) is 9.28.